The number of rotatable bonds is 5. The molecular weight excluding hydrogens is 322 g/mol. The van der Waals surface area contributed by atoms with Crippen LogP contribution in [0.4, 0.5) is 5.69 Å². The van der Waals surface area contributed by atoms with Gasteiger partial charge in [-0.05, 0) is 49.1 Å². The van der Waals surface area contributed by atoms with Crippen LogP contribution >= 0.6 is 0 Å². The molecule has 2 aromatic rings. The number of amides is 1. The highest BCUT2D eigenvalue weighted by molar-refractivity contribution is 7.93. The van der Waals surface area contributed by atoms with Crippen LogP contribution in [0, 0.1) is 19.8 Å². The first-order chi connectivity index (χ1) is 11.2. The van der Waals surface area contributed by atoms with Crippen LogP contribution in [0.3, 0.4) is 0 Å². The van der Waals surface area contributed by atoms with E-state index in [9.17, 15) is 13.2 Å². The summed E-state index contributed by atoms with van der Waals surface area (Å²) in [6.45, 7) is 7.53. The van der Waals surface area contributed by atoms with E-state index in [1.807, 2.05) is 33.8 Å². The molecule has 0 heterocycles. The Hall–Kier alpha value is -2.14. The molecule has 4 nitrogen and oxygen atoms in total. The minimum atomic E-state index is -3.95. The number of carbonyl (C=O) groups is 1. The minimum absolute atomic E-state index is 0.0658. The Bertz CT molecular complexity index is 827. The maximum absolute atomic E-state index is 13.1. The van der Waals surface area contributed by atoms with Crippen molar-refractivity contribution >= 4 is 21.6 Å². The number of aryl methyl sites for hydroxylation is 1. The lowest BCUT2D eigenvalue weighted by atomic mass is 10.1. The molecule has 0 bridgehead atoms. The van der Waals surface area contributed by atoms with E-state index in [0.717, 1.165) is 15.4 Å². The van der Waals surface area contributed by atoms with Crippen LogP contribution in [-0.2, 0) is 14.8 Å². The Morgan fingerprint density at radius 2 is 1.62 bits per heavy atom. The molecule has 0 aromatic heterocycles. The molecule has 0 atom stereocenters. The van der Waals surface area contributed by atoms with Crippen LogP contribution < -0.4 is 4.31 Å². The SMILES string of the molecule is Cc1cccc(N(C(=O)CC(C)C)S(=O)(=O)c2ccccc2)c1C. The van der Waals surface area contributed by atoms with Gasteiger partial charge in [0.15, 0.2) is 0 Å². The van der Waals surface area contributed by atoms with Crippen molar-refractivity contribution in [2.75, 3.05) is 4.31 Å². The van der Waals surface area contributed by atoms with Crippen LogP contribution in [0.5, 0.6) is 0 Å². The minimum Gasteiger partial charge on any atom is -0.273 e. The van der Waals surface area contributed by atoms with E-state index < -0.39 is 15.9 Å². The van der Waals surface area contributed by atoms with Gasteiger partial charge < -0.3 is 0 Å². The van der Waals surface area contributed by atoms with Gasteiger partial charge in [-0.1, -0.05) is 44.2 Å². The summed E-state index contributed by atoms with van der Waals surface area (Å²) >= 11 is 0. The monoisotopic (exact) mass is 345 g/mol. The fraction of sp³-hybridized carbons (Fsp3) is 0.316. The van der Waals surface area contributed by atoms with Gasteiger partial charge in [-0.3, -0.25) is 4.79 Å². The molecule has 2 aromatic carbocycles. The highest BCUT2D eigenvalue weighted by atomic mass is 32.2. The van der Waals surface area contributed by atoms with Crippen molar-refractivity contribution in [3.05, 3.63) is 59.7 Å². The summed E-state index contributed by atoms with van der Waals surface area (Å²) in [5.41, 5.74) is 2.15. The van der Waals surface area contributed by atoms with Crippen molar-refractivity contribution < 1.29 is 13.2 Å². The lowest BCUT2D eigenvalue weighted by molar-refractivity contribution is -0.118. The first kappa shape index (κ1) is 18.2. The summed E-state index contributed by atoms with van der Waals surface area (Å²) in [6.07, 6.45) is 0.166. The highest BCUT2D eigenvalue weighted by Crippen LogP contribution is 2.29. The Morgan fingerprint density at radius 1 is 1.00 bits per heavy atom. The van der Waals surface area contributed by atoms with Gasteiger partial charge in [0.05, 0.1) is 10.6 Å². The number of carbonyl (C=O) groups excluding carboxylic acids is 1. The molecule has 0 aliphatic rings. The maximum Gasteiger partial charge on any atom is 0.270 e. The summed E-state index contributed by atoms with van der Waals surface area (Å²) in [4.78, 5) is 12.9. The quantitative estimate of drug-likeness (QED) is 0.821. The first-order valence-corrected chi connectivity index (χ1v) is 9.38. The zero-order valence-corrected chi connectivity index (χ0v) is 15.3. The zero-order valence-electron chi connectivity index (χ0n) is 14.5. The van der Waals surface area contributed by atoms with Crippen LogP contribution in [0.15, 0.2) is 53.4 Å². The number of sulfonamides is 1. The molecule has 128 valence electrons. The number of benzene rings is 2. The topological polar surface area (TPSA) is 54.5 Å². The Morgan fingerprint density at radius 3 is 2.21 bits per heavy atom. The van der Waals surface area contributed by atoms with E-state index in [4.69, 9.17) is 0 Å². The standard InChI is InChI=1S/C19H23NO3S/c1-14(2)13-19(21)20(18-12-8-9-15(3)16(18)4)24(22,23)17-10-6-5-7-11-17/h5-12,14H,13H2,1-4H3. The molecule has 1 amide bonds. The Labute approximate surface area is 144 Å². The lowest BCUT2D eigenvalue weighted by Gasteiger charge is -2.25. The van der Waals surface area contributed by atoms with Gasteiger partial charge in [0.1, 0.15) is 0 Å². The number of anilines is 1. The van der Waals surface area contributed by atoms with E-state index in [-0.39, 0.29) is 17.2 Å². The third-order valence-corrected chi connectivity index (χ3v) is 5.63. The maximum atomic E-state index is 13.1. The molecule has 24 heavy (non-hydrogen) atoms. The van der Waals surface area contributed by atoms with E-state index in [1.54, 1.807) is 30.3 Å². The molecule has 2 rings (SSSR count). The van der Waals surface area contributed by atoms with Gasteiger partial charge >= 0.3 is 0 Å². The average molecular weight is 345 g/mol. The van der Waals surface area contributed by atoms with Crippen molar-refractivity contribution in [1.29, 1.82) is 0 Å². The third kappa shape index (κ3) is 3.67. The second-order valence-corrected chi connectivity index (χ2v) is 8.08. The molecular formula is C19H23NO3S. The second-order valence-electron chi connectivity index (χ2n) is 6.29. The molecule has 0 unspecified atom stereocenters. The predicted molar refractivity (Wildman–Crippen MR) is 96.5 cm³/mol. The molecule has 5 heteroatoms. The Balaban J connectivity index is 2.64. The van der Waals surface area contributed by atoms with Gasteiger partial charge in [0.25, 0.3) is 10.0 Å². The smallest absolute Gasteiger partial charge is 0.270 e. The second kappa shape index (κ2) is 7.18. The molecule has 0 saturated carbocycles. The third-order valence-electron chi connectivity index (χ3n) is 3.89. The normalized spacial score (nSPS) is 11.5. The number of hydrogen-bond acceptors (Lipinski definition) is 3. The van der Waals surface area contributed by atoms with Crippen molar-refractivity contribution in [2.24, 2.45) is 5.92 Å². The summed E-state index contributed by atoms with van der Waals surface area (Å²) < 4.78 is 27.2. The molecule has 0 aliphatic heterocycles. The van der Waals surface area contributed by atoms with Gasteiger partial charge in [-0.15, -0.1) is 0 Å². The van der Waals surface area contributed by atoms with Crippen molar-refractivity contribution in [2.45, 2.75) is 39.0 Å². The van der Waals surface area contributed by atoms with Crippen LogP contribution in [-0.4, -0.2) is 14.3 Å². The van der Waals surface area contributed by atoms with Crippen molar-refractivity contribution in [1.82, 2.24) is 0 Å². The summed E-state index contributed by atoms with van der Waals surface area (Å²) in [5.74, 6) is -0.348. The van der Waals surface area contributed by atoms with Crippen molar-refractivity contribution in [3.8, 4) is 0 Å². The lowest BCUT2D eigenvalue weighted by Crippen LogP contribution is -2.38. The highest BCUT2D eigenvalue weighted by Gasteiger charge is 2.32. The number of hydrogen-bond donors (Lipinski definition) is 0. The van der Waals surface area contributed by atoms with Crippen LogP contribution in [0.2, 0.25) is 0 Å². The molecule has 0 saturated heterocycles. The van der Waals surface area contributed by atoms with Gasteiger partial charge in [0.2, 0.25) is 5.91 Å². The van der Waals surface area contributed by atoms with E-state index in [2.05, 4.69) is 0 Å². The van der Waals surface area contributed by atoms with Gasteiger partial charge in [-0.2, -0.15) is 0 Å². The number of nitrogens with zero attached hydrogens (tertiary/aromatic N) is 1. The molecule has 0 radical (unpaired) electrons. The average Bonchev–Trinajstić information content (AvgIpc) is 2.51. The zero-order chi connectivity index (χ0) is 17.9. The molecule has 0 aliphatic carbocycles. The van der Waals surface area contributed by atoms with Crippen LogP contribution in [0.25, 0.3) is 0 Å². The van der Waals surface area contributed by atoms with E-state index in [1.165, 1.54) is 12.1 Å². The summed E-state index contributed by atoms with van der Waals surface area (Å²) in [5, 5.41) is 0. The van der Waals surface area contributed by atoms with Gasteiger partial charge in [0, 0.05) is 6.42 Å². The summed E-state index contributed by atoms with van der Waals surface area (Å²) in [7, 11) is -3.95. The molecule has 0 N–H and O–H groups in total. The predicted octanol–water partition coefficient (Wildman–Crippen LogP) is 4.07. The van der Waals surface area contributed by atoms with E-state index in [0.29, 0.717) is 5.69 Å². The fourth-order valence-corrected chi connectivity index (χ4v) is 3.99. The van der Waals surface area contributed by atoms with Crippen LogP contribution in [0.1, 0.15) is 31.4 Å². The largest absolute Gasteiger partial charge is 0.273 e. The molecule has 0 fully saturated rings. The summed E-state index contributed by atoms with van der Waals surface area (Å²) in [6, 6.07) is 13.4. The fourth-order valence-electron chi connectivity index (χ4n) is 2.48. The van der Waals surface area contributed by atoms with Crippen molar-refractivity contribution in [3.63, 3.8) is 0 Å². The first-order valence-electron chi connectivity index (χ1n) is 7.94. The van der Waals surface area contributed by atoms with Gasteiger partial charge in [-0.25, -0.2) is 12.7 Å². The Kier molecular flexibility index (Phi) is 5.44. The molecule has 0 spiro atoms. The van der Waals surface area contributed by atoms with E-state index >= 15 is 0 Å².